The molecule has 3 fully saturated rings. The van der Waals surface area contributed by atoms with Crippen LogP contribution in [0.2, 0.25) is 0 Å². The van der Waals surface area contributed by atoms with Crippen LogP contribution in [0.5, 0.6) is 11.6 Å². The second-order valence-corrected chi connectivity index (χ2v) is 6.80. The van der Waals surface area contributed by atoms with Crippen molar-refractivity contribution in [3.8, 4) is 22.9 Å². The maximum absolute atomic E-state index is 14.1. The Balaban J connectivity index is 1.53. The average molecular weight is 343 g/mol. The summed E-state index contributed by atoms with van der Waals surface area (Å²) in [6.07, 6.45) is 2.50. The molecule has 25 heavy (non-hydrogen) atoms. The molecule has 5 nitrogen and oxygen atoms in total. The summed E-state index contributed by atoms with van der Waals surface area (Å²) in [5, 5.41) is 8.32. The zero-order valence-electron chi connectivity index (χ0n) is 14.5. The standard InChI is InChI=1S/C19H22FN3O2/c1-12-19(13-7-9-23(12)10-8-13)25-18-6-5-17(21-22-18)15-11-14(24-2)3-4-16(15)20/h3-6,11-13,19H,7-10H2,1-2H3/t12-,19-/m0/s1. The van der Waals surface area contributed by atoms with Crippen molar-refractivity contribution in [3.05, 3.63) is 36.1 Å². The molecule has 132 valence electrons. The SMILES string of the molecule is COc1ccc(F)c(-c2ccc(O[C@@H]3C4CCN(CC4)[C@H]3C)nn2)c1. The van der Waals surface area contributed by atoms with Crippen molar-refractivity contribution in [2.24, 2.45) is 5.92 Å². The molecule has 2 bridgehead atoms. The lowest BCUT2D eigenvalue weighted by atomic mass is 9.81. The van der Waals surface area contributed by atoms with Crippen molar-refractivity contribution in [2.45, 2.75) is 31.9 Å². The lowest BCUT2D eigenvalue weighted by Crippen LogP contribution is -2.58. The molecule has 2 atom stereocenters. The van der Waals surface area contributed by atoms with Crippen LogP contribution in [0.25, 0.3) is 11.3 Å². The summed E-state index contributed by atoms with van der Waals surface area (Å²) in [4.78, 5) is 2.47. The summed E-state index contributed by atoms with van der Waals surface area (Å²) in [5.74, 6) is 1.31. The van der Waals surface area contributed by atoms with Gasteiger partial charge < -0.3 is 9.47 Å². The van der Waals surface area contributed by atoms with Gasteiger partial charge in [0.2, 0.25) is 5.88 Å². The summed E-state index contributed by atoms with van der Waals surface area (Å²) in [6, 6.07) is 8.48. The molecule has 0 unspecified atom stereocenters. The third-order valence-electron chi connectivity index (χ3n) is 5.44. The van der Waals surface area contributed by atoms with E-state index in [0.717, 1.165) is 13.1 Å². The monoisotopic (exact) mass is 343 g/mol. The van der Waals surface area contributed by atoms with E-state index in [2.05, 4.69) is 22.0 Å². The second kappa shape index (κ2) is 6.59. The molecular weight excluding hydrogens is 321 g/mol. The van der Waals surface area contributed by atoms with Gasteiger partial charge in [0.05, 0.1) is 12.8 Å². The Labute approximate surface area is 146 Å². The number of nitrogens with zero attached hydrogens (tertiary/aromatic N) is 3. The average Bonchev–Trinajstić information content (AvgIpc) is 2.66. The van der Waals surface area contributed by atoms with Gasteiger partial charge in [-0.3, -0.25) is 4.90 Å². The molecule has 1 aromatic carbocycles. The zero-order valence-corrected chi connectivity index (χ0v) is 14.5. The maximum atomic E-state index is 14.1. The molecular formula is C19H22FN3O2. The second-order valence-electron chi connectivity index (χ2n) is 6.80. The van der Waals surface area contributed by atoms with E-state index in [1.54, 1.807) is 31.4 Å². The van der Waals surface area contributed by atoms with Crippen LogP contribution < -0.4 is 9.47 Å². The van der Waals surface area contributed by atoms with E-state index in [1.807, 2.05) is 0 Å². The number of rotatable bonds is 4. The third-order valence-corrected chi connectivity index (χ3v) is 5.44. The van der Waals surface area contributed by atoms with E-state index >= 15 is 0 Å². The van der Waals surface area contributed by atoms with Crippen LogP contribution in [0.15, 0.2) is 30.3 Å². The molecule has 2 aromatic rings. The van der Waals surface area contributed by atoms with Gasteiger partial charge >= 0.3 is 0 Å². The van der Waals surface area contributed by atoms with Crippen LogP contribution in [0.4, 0.5) is 4.39 Å². The van der Waals surface area contributed by atoms with E-state index in [-0.39, 0.29) is 11.9 Å². The fourth-order valence-electron chi connectivity index (χ4n) is 3.95. The molecule has 0 spiro atoms. The number of aromatic nitrogens is 2. The Hall–Kier alpha value is -2.21. The van der Waals surface area contributed by atoms with Crippen molar-refractivity contribution >= 4 is 0 Å². The third kappa shape index (κ3) is 3.06. The molecule has 0 amide bonds. The summed E-state index contributed by atoms with van der Waals surface area (Å²) >= 11 is 0. The lowest BCUT2D eigenvalue weighted by molar-refractivity contribution is -0.0528. The maximum Gasteiger partial charge on any atom is 0.233 e. The first kappa shape index (κ1) is 16.3. The number of ether oxygens (including phenoxy) is 2. The van der Waals surface area contributed by atoms with Crippen molar-refractivity contribution < 1.29 is 13.9 Å². The van der Waals surface area contributed by atoms with Crippen LogP contribution >= 0.6 is 0 Å². The minimum atomic E-state index is -0.352. The molecule has 4 heterocycles. The fourth-order valence-corrected chi connectivity index (χ4v) is 3.95. The zero-order chi connectivity index (χ0) is 17.4. The van der Waals surface area contributed by atoms with Gasteiger partial charge in [0.1, 0.15) is 17.7 Å². The Kier molecular flexibility index (Phi) is 4.29. The summed E-state index contributed by atoms with van der Waals surface area (Å²) in [7, 11) is 1.55. The summed E-state index contributed by atoms with van der Waals surface area (Å²) in [6.45, 7) is 4.53. The van der Waals surface area contributed by atoms with E-state index in [1.165, 1.54) is 18.9 Å². The first-order valence-electron chi connectivity index (χ1n) is 8.74. The highest BCUT2D eigenvalue weighted by Gasteiger charge is 2.41. The van der Waals surface area contributed by atoms with Crippen molar-refractivity contribution in [1.82, 2.24) is 15.1 Å². The van der Waals surface area contributed by atoms with Crippen molar-refractivity contribution in [3.63, 3.8) is 0 Å². The first-order chi connectivity index (χ1) is 12.2. The molecule has 0 saturated carbocycles. The minimum absolute atomic E-state index is 0.149. The smallest absolute Gasteiger partial charge is 0.233 e. The number of hydrogen-bond acceptors (Lipinski definition) is 5. The van der Waals surface area contributed by atoms with E-state index in [9.17, 15) is 4.39 Å². The van der Waals surface area contributed by atoms with E-state index < -0.39 is 0 Å². The molecule has 5 rings (SSSR count). The highest BCUT2D eigenvalue weighted by Crippen LogP contribution is 2.34. The van der Waals surface area contributed by atoms with E-state index in [0.29, 0.717) is 34.8 Å². The van der Waals surface area contributed by atoms with Crippen LogP contribution in [0, 0.1) is 11.7 Å². The van der Waals surface area contributed by atoms with Gasteiger partial charge in [-0.25, -0.2) is 4.39 Å². The predicted molar refractivity (Wildman–Crippen MR) is 92.2 cm³/mol. The molecule has 1 aromatic heterocycles. The molecule has 3 aliphatic rings. The molecule has 3 aliphatic heterocycles. The van der Waals surface area contributed by atoms with Gasteiger partial charge in [-0.1, -0.05) is 0 Å². The molecule has 3 saturated heterocycles. The van der Waals surface area contributed by atoms with Gasteiger partial charge in [-0.05, 0) is 63.0 Å². The number of halogens is 1. The van der Waals surface area contributed by atoms with Gasteiger partial charge in [-0.2, -0.15) is 0 Å². The molecule has 6 heteroatoms. The number of methoxy groups -OCH3 is 1. The Morgan fingerprint density at radius 3 is 2.56 bits per heavy atom. The van der Waals surface area contributed by atoms with Crippen molar-refractivity contribution in [1.29, 1.82) is 0 Å². The lowest BCUT2D eigenvalue weighted by Gasteiger charge is -2.48. The number of piperidine rings is 3. The Morgan fingerprint density at radius 1 is 1.12 bits per heavy atom. The van der Waals surface area contributed by atoms with Crippen LogP contribution in [0.1, 0.15) is 19.8 Å². The Bertz CT molecular complexity index is 743. The largest absolute Gasteiger partial charge is 0.497 e. The Morgan fingerprint density at radius 2 is 1.92 bits per heavy atom. The van der Waals surface area contributed by atoms with Gasteiger partial charge in [0.25, 0.3) is 0 Å². The number of fused-ring (bicyclic) bond motifs is 3. The van der Waals surface area contributed by atoms with Gasteiger partial charge in [0.15, 0.2) is 0 Å². The van der Waals surface area contributed by atoms with Gasteiger partial charge in [0, 0.05) is 17.7 Å². The predicted octanol–water partition coefficient (Wildman–Crippen LogP) is 3.15. The summed E-state index contributed by atoms with van der Waals surface area (Å²) in [5.41, 5.74) is 0.834. The number of hydrogen-bond donors (Lipinski definition) is 0. The molecule has 0 aliphatic carbocycles. The molecule has 0 N–H and O–H groups in total. The van der Waals surface area contributed by atoms with Crippen LogP contribution in [-0.4, -0.2) is 47.4 Å². The van der Waals surface area contributed by atoms with Crippen LogP contribution in [0.3, 0.4) is 0 Å². The number of benzene rings is 1. The van der Waals surface area contributed by atoms with Gasteiger partial charge in [-0.15, -0.1) is 10.2 Å². The topological polar surface area (TPSA) is 47.5 Å². The highest BCUT2D eigenvalue weighted by molar-refractivity contribution is 5.61. The van der Waals surface area contributed by atoms with Crippen molar-refractivity contribution in [2.75, 3.05) is 20.2 Å². The van der Waals surface area contributed by atoms with Crippen LogP contribution in [-0.2, 0) is 0 Å². The fraction of sp³-hybridized carbons (Fsp3) is 0.474. The first-order valence-corrected chi connectivity index (χ1v) is 8.74. The van der Waals surface area contributed by atoms with E-state index in [4.69, 9.17) is 9.47 Å². The normalized spacial score (nSPS) is 28.0. The minimum Gasteiger partial charge on any atom is -0.497 e. The molecule has 0 radical (unpaired) electrons. The highest BCUT2D eigenvalue weighted by atomic mass is 19.1. The summed E-state index contributed by atoms with van der Waals surface area (Å²) < 4.78 is 25.3. The quantitative estimate of drug-likeness (QED) is 0.853.